The van der Waals surface area contributed by atoms with Crippen LogP contribution in [0, 0.1) is 10.8 Å². The van der Waals surface area contributed by atoms with Crippen molar-refractivity contribution >= 4 is 13.2 Å². The molecule has 5 rings (SSSR count). The van der Waals surface area contributed by atoms with Crippen LogP contribution < -0.4 is 5.30 Å². The van der Waals surface area contributed by atoms with Crippen molar-refractivity contribution in [3.05, 3.63) is 30.3 Å². The Bertz CT molecular complexity index is 500. The quantitative estimate of drug-likeness (QED) is 0.744. The topological polar surface area (TPSA) is 27.7 Å². The largest absolute Gasteiger partial charge is 0.343 e. The Labute approximate surface area is 121 Å². The average molecular weight is 292 g/mol. The fourth-order valence-electron chi connectivity index (χ4n) is 3.54. The van der Waals surface area contributed by atoms with Crippen LogP contribution in [0.4, 0.5) is 0 Å². The number of ether oxygens (including phenoxy) is 3. The van der Waals surface area contributed by atoms with Crippen LogP contribution in [0.25, 0.3) is 0 Å². The van der Waals surface area contributed by atoms with Gasteiger partial charge in [0.25, 0.3) is 0 Å². The van der Waals surface area contributed by atoms with Crippen molar-refractivity contribution in [1.82, 2.24) is 0 Å². The molecule has 0 aliphatic carbocycles. The lowest BCUT2D eigenvalue weighted by molar-refractivity contribution is -0.426. The summed E-state index contributed by atoms with van der Waals surface area (Å²) in [6.45, 7) is 8.80. The number of hydrogen-bond donors (Lipinski definition) is 0. The zero-order valence-corrected chi connectivity index (χ0v) is 13.3. The van der Waals surface area contributed by atoms with Crippen molar-refractivity contribution in [2.75, 3.05) is 0 Å². The second kappa shape index (κ2) is 4.04. The molecule has 0 spiro atoms. The summed E-state index contributed by atoms with van der Waals surface area (Å²) in [6.07, 6.45) is -0.265. The SMILES string of the molecule is CC1(C)C2OC3OC1P(c1ccccc1)C(O2)C3(C)C. The smallest absolute Gasteiger partial charge is 0.169 e. The van der Waals surface area contributed by atoms with E-state index in [0.29, 0.717) is 0 Å². The third kappa shape index (κ3) is 1.55. The predicted octanol–water partition coefficient (Wildman–Crippen LogP) is 3.24. The van der Waals surface area contributed by atoms with Gasteiger partial charge in [0.05, 0.1) is 11.7 Å². The van der Waals surface area contributed by atoms with Crippen LogP contribution in [0.5, 0.6) is 0 Å². The monoisotopic (exact) mass is 292 g/mol. The first kappa shape index (κ1) is 13.2. The lowest BCUT2D eigenvalue weighted by Crippen LogP contribution is -2.69. The molecule has 4 heterocycles. The van der Waals surface area contributed by atoms with E-state index in [0.717, 1.165) is 0 Å². The molecular weight excluding hydrogens is 271 g/mol. The first-order valence-electron chi connectivity index (χ1n) is 7.22. The van der Waals surface area contributed by atoms with Gasteiger partial charge in [-0.15, -0.1) is 0 Å². The maximum absolute atomic E-state index is 6.35. The molecule has 0 aromatic heterocycles. The zero-order chi connectivity index (χ0) is 14.1. The van der Waals surface area contributed by atoms with Gasteiger partial charge in [0.1, 0.15) is 0 Å². The summed E-state index contributed by atoms with van der Waals surface area (Å²) in [7, 11) is -0.501. The van der Waals surface area contributed by atoms with Gasteiger partial charge in [0, 0.05) is 10.8 Å². The van der Waals surface area contributed by atoms with Crippen LogP contribution >= 0.6 is 7.92 Å². The van der Waals surface area contributed by atoms with E-state index in [9.17, 15) is 0 Å². The third-order valence-corrected chi connectivity index (χ3v) is 8.28. The van der Waals surface area contributed by atoms with E-state index in [1.807, 2.05) is 0 Å². The molecule has 1 aromatic rings. The Morgan fingerprint density at radius 1 is 0.800 bits per heavy atom. The summed E-state index contributed by atoms with van der Waals surface area (Å²) in [5.41, 5.74) is -0.184. The van der Waals surface area contributed by atoms with E-state index in [-0.39, 0.29) is 35.1 Å². The summed E-state index contributed by atoms with van der Waals surface area (Å²) in [5.74, 6) is 0.436. The van der Waals surface area contributed by atoms with Crippen molar-refractivity contribution in [1.29, 1.82) is 0 Å². The Kier molecular flexibility index (Phi) is 2.67. The maximum Gasteiger partial charge on any atom is 0.169 e. The minimum Gasteiger partial charge on any atom is -0.343 e. The van der Waals surface area contributed by atoms with Crippen LogP contribution in [0.3, 0.4) is 0 Å². The maximum atomic E-state index is 6.35. The number of benzene rings is 1. The standard InChI is InChI=1S/C16H21O3P/c1-15(2)11-17-12-16(3,4)14(18-11)20(13(15)19-12)10-8-6-5-7-9-10/h5-9,11-14H,1-4H3. The summed E-state index contributed by atoms with van der Waals surface area (Å²) in [6, 6.07) is 10.7. The Morgan fingerprint density at radius 2 is 1.30 bits per heavy atom. The molecule has 4 unspecified atom stereocenters. The Morgan fingerprint density at radius 3 is 1.80 bits per heavy atom. The van der Waals surface area contributed by atoms with Crippen LogP contribution in [0.15, 0.2) is 30.3 Å². The first-order valence-corrected chi connectivity index (χ1v) is 8.70. The molecule has 4 fully saturated rings. The summed E-state index contributed by atoms with van der Waals surface area (Å²) in [5, 5.41) is 1.37. The van der Waals surface area contributed by atoms with Crippen LogP contribution in [0.2, 0.25) is 0 Å². The van der Waals surface area contributed by atoms with Crippen molar-refractivity contribution in [2.24, 2.45) is 10.8 Å². The fraction of sp³-hybridized carbons (Fsp3) is 0.625. The minimum absolute atomic E-state index is 0.0922. The van der Waals surface area contributed by atoms with E-state index in [1.165, 1.54) is 5.30 Å². The average Bonchev–Trinajstić information content (AvgIpc) is 2.37. The Hall–Kier alpha value is -0.470. The molecule has 4 aliphatic rings. The van der Waals surface area contributed by atoms with Gasteiger partial charge >= 0.3 is 0 Å². The number of hydrogen-bond acceptors (Lipinski definition) is 3. The van der Waals surface area contributed by atoms with Crippen molar-refractivity contribution in [3.8, 4) is 0 Å². The van der Waals surface area contributed by atoms with Gasteiger partial charge in [0.15, 0.2) is 12.6 Å². The normalized spacial score (nSPS) is 43.7. The highest BCUT2D eigenvalue weighted by atomic mass is 31.1. The molecule has 4 aliphatic heterocycles. The summed E-state index contributed by atoms with van der Waals surface area (Å²) < 4.78 is 18.7. The van der Waals surface area contributed by atoms with E-state index in [4.69, 9.17) is 14.2 Å². The van der Waals surface area contributed by atoms with E-state index >= 15 is 0 Å². The molecule has 0 N–H and O–H groups in total. The molecular formula is C16H21O3P. The molecule has 108 valence electrons. The highest BCUT2D eigenvalue weighted by molar-refractivity contribution is 7.66. The second-order valence-electron chi connectivity index (χ2n) is 7.16. The van der Waals surface area contributed by atoms with Gasteiger partial charge in [0.2, 0.25) is 0 Å². The van der Waals surface area contributed by atoms with Crippen LogP contribution in [-0.2, 0) is 14.2 Å². The van der Waals surface area contributed by atoms with Crippen molar-refractivity contribution in [3.63, 3.8) is 0 Å². The molecule has 4 atom stereocenters. The van der Waals surface area contributed by atoms with Crippen molar-refractivity contribution < 1.29 is 14.2 Å². The van der Waals surface area contributed by atoms with E-state index in [2.05, 4.69) is 58.0 Å². The van der Waals surface area contributed by atoms with E-state index in [1.54, 1.807) is 0 Å². The van der Waals surface area contributed by atoms with Gasteiger partial charge in [-0.05, 0) is 13.2 Å². The van der Waals surface area contributed by atoms with E-state index < -0.39 is 7.92 Å². The minimum atomic E-state index is -0.501. The van der Waals surface area contributed by atoms with Gasteiger partial charge in [-0.2, -0.15) is 0 Å². The summed E-state index contributed by atoms with van der Waals surface area (Å²) in [4.78, 5) is 0. The molecule has 1 aromatic carbocycles. The molecule has 3 nitrogen and oxygen atoms in total. The van der Waals surface area contributed by atoms with Crippen LogP contribution in [-0.4, -0.2) is 24.3 Å². The molecule has 0 amide bonds. The van der Waals surface area contributed by atoms with Crippen LogP contribution in [0.1, 0.15) is 27.7 Å². The lowest BCUT2D eigenvalue weighted by Gasteiger charge is -2.66. The second-order valence-corrected chi connectivity index (χ2v) is 9.43. The lowest BCUT2D eigenvalue weighted by atomic mass is 9.85. The third-order valence-electron chi connectivity index (χ3n) is 4.80. The molecule has 4 saturated heterocycles. The zero-order valence-electron chi connectivity index (χ0n) is 12.4. The Balaban J connectivity index is 1.82. The highest BCUT2D eigenvalue weighted by Gasteiger charge is 2.67. The van der Waals surface area contributed by atoms with Crippen molar-refractivity contribution in [2.45, 2.75) is 52.0 Å². The number of rotatable bonds is 1. The highest BCUT2D eigenvalue weighted by Crippen LogP contribution is 2.70. The van der Waals surface area contributed by atoms with Gasteiger partial charge in [-0.3, -0.25) is 0 Å². The van der Waals surface area contributed by atoms with Gasteiger partial charge in [-0.1, -0.05) is 58.0 Å². The molecule has 0 radical (unpaired) electrons. The fourth-order valence-corrected chi connectivity index (χ4v) is 7.00. The molecule has 0 saturated carbocycles. The molecule has 20 heavy (non-hydrogen) atoms. The van der Waals surface area contributed by atoms with Gasteiger partial charge in [-0.25, -0.2) is 0 Å². The predicted molar refractivity (Wildman–Crippen MR) is 79.0 cm³/mol. The molecule has 4 bridgehead atoms. The first-order chi connectivity index (χ1) is 9.42. The molecule has 4 heteroatoms. The van der Waals surface area contributed by atoms with Gasteiger partial charge < -0.3 is 14.2 Å². The summed E-state index contributed by atoms with van der Waals surface area (Å²) >= 11 is 0.